The monoisotopic (exact) mass is 458 g/mol. The summed E-state index contributed by atoms with van der Waals surface area (Å²) < 4.78 is 26.4. The molecule has 0 unspecified atom stereocenters. The van der Waals surface area contributed by atoms with Crippen LogP contribution in [-0.2, 0) is 10.3 Å². The van der Waals surface area contributed by atoms with Crippen LogP contribution in [0.3, 0.4) is 0 Å². The molecule has 4 aromatic rings. The zero-order valence-electron chi connectivity index (χ0n) is 17.1. The van der Waals surface area contributed by atoms with Crippen molar-refractivity contribution in [3.8, 4) is 33.9 Å². The fourth-order valence-corrected chi connectivity index (χ4v) is 4.49. The summed E-state index contributed by atoms with van der Waals surface area (Å²) in [5.41, 5.74) is 9.09. The number of halogens is 2. The van der Waals surface area contributed by atoms with Gasteiger partial charge < -0.3 is 15.2 Å². The molecule has 1 spiro atoms. The molecule has 6 nitrogen and oxygen atoms in total. The zero-order chi connectivity index (χ0) is 22.6. The van der Waals surface area contributed by atoms with E-state index in [1.54, 1.807) is 36.8 Å². The number of amidine groups is 1. The molecule has 8 heteroatoms. The topological polar surface area (TPSA) is 82.6 Å². The lowest BCUT2D eigenvalue weighted by molar-refractivity contribution is 0.264. The van der Waals surface area contributed by atoms with Crippen LogP contribution >= 0.6 is 11.6 Å². The number of aromatic nitrogens is 2. The van der Waals surface area contributed by atoms with Gasteiger partial charge in [-0.1, -0.05) is 17.7 Å². The molecule has 0 amide bonds. The van der Waals surface area contributed by atoms with Crippen molar-refractivity contribution in [2.45, 2.75) is 5.54 Å². The Morgan fingerprint density at radius 2 is 1.85 bits per heavy atom. The summed E-state index contributed by atoms with van der Waals surface area (Å²) in [7, 11) is 0. The Kier molecular flexibility index (Phi) is 4.35. The van der Waals surface area contributed by atoms with Gasteiger partial charge in [0, 0.05) is 39.7 Å². The lowest BCUT2D eigenvalue weighted by atomic mass is 9.80. The van der Waals surface area contributed by atoms with E-state index < -0.39 is 5.54 Å². The maximum Gasteiger partial charge on any atom is 0.283 e. The first kappa shape index (κ1) is 19.7. The number of pyridine rings is 2. The number of ether oxygens (including phenoxy) is 2. The van der Waals surface area contributed by atoms with Crippen molar-refractivity contribution in [1.29, 1.82) is 0 Å². The highest BCUT2D eigenvalue weighted by molar-refractivity contribution is 6.30. The number of benzene rings is 2. The summed E-state index contributed by atoms with van der Waals surface area (Å²) in [6.45, 7) is 0.181. The van der Waals surface area contributed by atoms with E-state index in [9.17, 15) is 4.39 Å². The molecule has 1 atom stereocenters. The lowest BCUT2D eigenvalue weighted by Crippen LogP contribution is -2.31. The first-order valence-electron chi connectivity index (χ1n) is 10.2. The lowest BCUT2D eigenvalue weighted by Gasteiger charge is -2.33. The van der Waals surface area contributed by atoms with E-state index in [1.165, 1.54) is 12.1 Å². The van der Waals surface area contributed by atoms with Gasteiger partial charge in [0.1, 0.15) is 18.2 Å². The van der Waals surface area contributed by atoms with Gasteiger partial charge in [-0.25, -0.2) is 9.38 Å². The molecule has 2 aliphatic heterocycles. The summed E-state index contributed by atoms with van der Waals surface area (Å²) >= 11 is 6.13. The molecule has 0 saturated heterocycles. The third-order valence-corrected chi connectivity index (χ3v) is 6.12. The highest BCUT2D eigenvalue weighted by Crippen LogP contribution is 2.52. The quantitative estimate of drug-likeness (QED) is 0.441. The largest absolute Gasteiger partial charge is 0.462 e. The van der Waals surface area contributed by atoms with E-state index >= 15 is 0 Å². The summed E-state index contributed by atoms with van der Waals surface area (Å²) in [5.74, 6) is 0.754. The molecule has 162 valence electrons. The summed E-state index contributed by atoms with van der Waals surface area (Å²) in [6, 6.07) is 15.6. The predicted octanol–water partition coefficient (Wildman–Crippen LogP) is 5.30. The van der Waals surface area contributed by atoms with E-state index in [0.29, 0.717) is 33.3 Å². The minimum atomic E-state index is -0.960. The Balaban J connectivity index is 1.56. The van der Waals surface area contributed by atoms with Gasteiger partial charge in [-0.2, -0.15) is 0 Å². The highest BCUT2D eigenvalue weighted by atomic mass is 35.5. The molecular formula is C25H16ClFN4O2. The average Bonchev–Trinajstić information content (AvgIpc) is 3.23. The highest BCUT2D eigenvalue weighted by Gasteiger charge is 2.47. The number of aliphatic imine (C=N–C) groups is 1. The van der Waals surface area contributed by atoms with Gasteiger partial charge >= 0.3 is 0 Å². The molecule has 2 N–H and O–H groups in total. The van der Waals surface area contributed by atoms with Crippen molar-refractivity contribution in [2.24, 2.45) is 10.7 Å². The Hall–Kier alpha value is -3.97. The van der Waals surface area contributed by atoms with Crippen LogP contribution in [0.15, 0.2) is 78.2 Å². The second-order valence-electron chi connectivity index (χ2n) is 7.84. The van der Waals surface area contributed by atoms with Crippen molar-refractivity contribution in [1.82, 2.24) is 9.97 Å². The van der Waals surface area contributed by atoms with Gasteiger partial charge in [0.15, 0.2) is 11.3 Å². The first-order chi connectivity index (χ1) is 16.0. The summed E-state index contributed by atoms with van der Waals surface area (Å²) in [5, 5.41) is 0.444. The van der Waals surface area contributed by atoms with Crippen LogP contribution in [0.5, 0.6) is 11.5 Å². The molecule has 4 heterocycles. The standard InChI is InChI=1S/C25H16ClFN4O2/c26-16-4-5-20(27)17(9-16)14-3-6-22-18(8-14)25(13-32-24(28)31-25)19-10-21(30-12-23(19)33-22)15-2-1-7-29-11-15/h1-12H,13H2,(H2,28,31)/t25-/m0/s1. The fraction of sp³-hybridized carbons (Fsp3) is 0.0800. The second-order valence-corrected chi connectivity index (χ2v) is 8.28. The molecule has 2 aromatic heterocycles. The molecule has 6 rings (SSSR count). The minimum Gasteiger partial charge on any atom is -0.462 e. The number of fused-ring (bicyclic) bond motifs is 4. The van der Waals surface area contributed by atoms with Gasteiger partial charge in [0.05, 0.1) is 11.9 Å². The van der Waals surface area contributed by atoms with Crippen LogP contribution in [0.25, 0.3) is 22.4 Å². The van der Waals surface area contributed by atoms with Gasteiger partial charge in [-0.05, 0) is 54.1 Å². The Labute approximate surface area is 193 Å². The molecule has 0 radical (unpaired) electrons. The molecule has 0 bridgehead atoms. The van der Waals surface area contributed by atoms with E-state index in [-0.39, 0.29) is 18.4 Å². The van der Waals surface area contributed by atoms with Gasteiger partial charge in [0.25, 0.3) is 6.02 Å². The fourth-order valence-electron chi connectivity index (χ4n) is 4.32. The average molecular weight is 459 g/mol. The predicted molar refractivity (Wildman–Crippen MR) is 123 cm³/mol. The molecular weight excluding hydrogens is 443 g/mol. The van der Waals surface area contributed by atoms with E-state index in [4.69, 9.17) is 31.8 Å². The Morgan fingerprint density at radius 3 is 2.64 bits per heavy atom. The number of rotatable bonds is 2. The minimum absolute atomic E-state index is 0.0767. The van der Waals surface area contributed by atoms with Gasteiger partial charge in [-0.15, -0.1) is 0 Å². The number of nitrogens with zero attached hydrogens (tertiary/aromatic N) is 3. The molecule has 33 heavy (non-hydrogen) atoms. The van der Waals surface area contributed by atoms with E-state index in [1.807, 2.05) is 24.3 Å². The van der Waals surface area contributed by atoms with Crippen LogP contribution in [0.4, 0.5) is 4.39 Å². The van der Waals surface area contributed by atoms with Crippen LogP contribution in [0.1, 0.15) is 11.1 Å². The molecule has 2 aromatic carbocycles. The first-order valence-corrected chi connectivity index (χ1v) is 10.6. The molecule has 0 fully saturated rings. The molecule has 0 saturated carbocycles. The molecule has 0 aliphatic carbocycles. The van der Waals surface area contributed by atoms with Crippen LogP contribution in [0, 0.1) is 5.82 Å². The third kappa shape index (κ3) is 3.12. The van der Waals surface area contributed by atoms with Gasteiger partial charge in [0.2, 0.25) is 0 Å². The van der Waals surface area contributed by atoms with Crippen molar-refractivity contribution < 1.29 is 13.9 Å². The smallest absolute Gasteiger partial charge is 0.283 e. The van der Waals surface area contributed by atoms with E-state index in [0.717, 1.165) is 16.7 Å². The molecule has 2 aliphatic rings. The van der Waals surface area contributed by atoms with Gasteiger partial charge in [-0.3, -0.25) is 9.97 Å². The van der Waals surface area contributed by atoms with Crippen LogP contribution in [-0.4, -0.2) is 22.6 Å². The van der Waals surface area contributed by atoms with Crippen molar-refractivity contribution in [3.05, 3.63) is 95.2 Å². The van der Waals surface area contributed by atoms with Crippen LogP contribution in [0.2, 0.25) is 5.02 Å². The summed E-state index contributed by atoms with van der Waals surface area (Å²) in [6.07, 6.45) is 5.10. The Bertz CT molecular complexity index is 1440. The second kappa shape index (κ2) is 7.28. The van der Waals surface area contributed by atoms with Crippen molar-refractivity contribution >= 4 is 17.6 Å². The number of hydrogen-bond acceptors (Lipinski definition) is 6. The van der Waals surface area contributed by atoms with E-state index in [2.05, 4.69) is 9.97 Å². The zero-order valence-corrected chi connectivity index (χ0v) is 17.9. The maximum absolute atomic E-state index is 14.6. The summed E-state index contributed by atoms with van der Waals surface area (Å²) in [4.78, 5) is 13.4. The van der Waals surface area contributed by atoms with Crippen LogP contribution < -0.4 is 10.5 Å². The Morgan fingerprint density at radius 1 is 0.970 bits per heavy atom. The third-order valence-electron chi connectivity index (χ3n) is 5.88. The normalized spacial score (nSPS) is 18.2. The SMILES string of the molecule is NC1=N[C@@]2(CO1)c1cc(-c3cc(Cl)ccc3F)ccc1Oc1cnc(-c3cccnc3)cc12. The maximum atomic E-state index is 14.6. The number of nitrogens with two attached hydrogens (primary N) is 1. The van der Waals surface area contributed by atoms with Crippen molar-refractivity contribution in [3.63, 3.8) is 0 Å². The number of hydrogen-bond donors (Lipinski definition) is 1. The van der Waals surface area contributed by atoms with Crippen molar-refractivity contribution in [2.75, 3.05) is 6.61 Å².